The molecule has 0 aliphatic heterocycles. The van der Waals surface area contributed by atoms with Crippen LogP contribution in [0, 0.1) is 18.3 Å². The van der Waals surface area contributed by atoms with Gasteiger partial charge in [0.2, 0.25) is 0 Å². The third-order valence-electron chi connectivity index (χ3n) is 3.76. The molecule has 0 saturated heterocycles. The number of benzene rings is 2. The number of hydrogen-bond donors (Lipinski definition) is 1. The Hall–Kier alpha value is -2.93. The van der Waals surface area contributed by atoms with Gasteiger partial charge in [-0.3, -0.25) is 0 Å². The van der Waals surface area contributed by atoms with Crippen molar-refractivity contribution in [3.63, 3.8) is 0 Å². The van der Waals surface area contributed by atoms with Gasteiger partial charge in [-0.05, 0) is 43.2 Å². The summed E-state index contributed by atoms with van der Waals surface area (Å²) in [5.74, 6) is 0.833. The van der Waals surface area contributed by atoms with E-state index in [2.05, 4.69) is 41.3 Å². The van der Waals surface area contributed by atoms with Gasteiger partial charge in [-0.1, -0.05) is 24.3 Å². The zero-order valence-corrected chi connectivity index (χ0v) is 12.5. The molecule has 1 aromatic heterocycles. The van der Waals surface area contributed by atoms with Crippen LogP contribution in [0.25, 0.3) is 10.9 Å². The number of nitriles is 1. The molecule has 0 aliphatic carbocycles. The Morgan fingerprint density at radius 2 is 1.86 bits per heavy atom. The predicted molar refractivity (Wildman–Crippen MR) is 87.5 cm³/mol. The van der Waals surface area contributed by atoms with Crippen LogP contribution >= 0.6 is 0 Å². The van der Waals surface area contributed by atoms with Crippen molar-refractivity contribution in [3.8, 4) is 6.07 Å². The van der Waals surface area contributed by atoms with Gasteiger partial charge in [0.05, 0.1) is 17.1 Å². The first kappa shape index (κ1) is 14.0. The van der Waals surface area contributed by atoms with Crippen molar-refractivity contribution in [2.75, 3.05) is 5.32 Å². The minimum Gasteiger partial charge on any atom is -0.363 e. The van der Waals surface area contributed by atoms with Crippen molar-refractivity contribution in [1.82, 2.24) is 9.97 Å². The summed E-state index contributed by atoms with van der Waals surface area (Å²) in [4.78, 5) is 8.71. The number of nitrogens with one attached hydrogen (secondary N) is 1. The summed E-state index contributed by atoms with van der Waals surface area (Å²) in [5, 5.41) is 13.4. The molecule has 0 saturated carbocycles. The number of aryl methyl sites for hydroxylation is 1. The molecule has 1 atom stereocenters. The standard InChI is InChI=1S/C18H16N4/c1-12-4-3-5-16-17(12)18(21-11-20-16)22-13(2)15-8-6-14(10-19)7-9-15/h3-9,11,13H,1-2H3,(H,20,21,22). The first-order valence-electron chi connectivity index (χ1n) is 7.16. The van der Waals surface area contributed by atoms with Gasteiger partial charge in [-0.25, -0.2) is 9.97 Å². The van der Waals surface area contributed by atoms with Gasteiger partial charge in [0.1, 0.15) is 12.1 Å². The van der Waals surface area contributed by atoms with E-state index >= 15 is 0 Å². The molecule has 0 fully saturated rings. The van der Waals surface area contributed by atoms with Crippen molar-refractivity contribution in [3.05, 3.63) is 65.5 Å². The largest absolute Gasteiger partial charge is 0.363 e. The summed E-state index contributed by atoms with van der Waals surface area (Å²) < 4.78 is 0. The first-order valence-corrected chi connectivity index (χ1v) is 7.16. The highest BCUT2D eigenvalue weighted by Crippen LogP contribution is 2.26. The third kappa shape index (κ3) is 2.61. The number of anilines is 1. The van der Waals surface area contributed by atoms with E-state index in [-0.39, 0.29) is 6.04 Å². The summed E-state index contributed by atoms with van der Waals surface area (Å²) in [5.41, 5.74) is 3.86. The Labute approximate surface area is 129 Å². The van der Waals surface area contributed by atoms with Gasteiger partial charge in [-0.15, -0.1) is 0 Å². The number of hydrogen-bond acceptors (Lipinski definition) is 4. The molecule has 3 aromatic rings. The maximum atomic E-state index is 8.87. The second-order valence-corrected chi connectivity index (χ2v) is 5.29. The van der Waals surface area contributed by atoms with E-state index in [1.54, 1.807) is 6.33 Å². The van der Waals surface area contributed by atoms with Crippen molar-refractivity contribution in [1.29, 1.82) is 5.26 Å². The lowest BCUT2D eigenvalue weighted by Crippen LogP contribution is -2.09. The van der Waals surface area contributed by atoms with Crippen LogP contribution in [-0.2, 0) is 0 Å². The fourth-order valence-electron chi connectivity index (χ4n) is 2.53. The summed E-state index contributed by atoms with van der Waals surface area (Å²) in [7, 11) is 0. The van der Waals surface area contributed by atoms with Crippen LogP contribution in [0.5, 0.6) is 0 Å². The summed E-state index contributed by atoms with van der Waals surface area (Å²) >= 11 is 0. The fourth-order valence-corrected chi connectivity index (χ4v) is 2.53. The van der Waals surface area contributed by atoms with Gasteiger partial charge < -0.3 is 5.32 Å². The normalized spacial score (nSPS) is 11.9. The molecule has 3 rings (SSSR count). The molecular weight excluding hydrogens is 272 g/mol. The number of aromatic nitrogens is 2. The van der Waals surface area contributed by atoms with Gasteiger partial charge >= 0.3 is 0 Å². The summed E-state index contributed by atoms with van der Waals surface area (Å²) in [6.07, 6.45) is 1.58. The highest BCUT2D eigenvalue weighted by molar-refractivity contribution is 5.91. The van der Waals surface area contributed by atoms with Crippen molar-refractivity contribution >= 4 is 16.7 Å². The zero-order valence-electron chi connectivity index (χ0n) is 12.5. The van der Waals surface area contributed by atoms with E-state index in [4.69, 9.17) is 5.26 Å². The van der Waals surface area contributed by atoms with Crippen LogP contribution in [0.15, 0.2) is 48.8 Å². The molecule has 4 nitrogen and oxygen atoms in total. The average molecular weight is 288 g/mol. The molecule has 0 amide bonds. The molecule has 0 spiro atoms. The minimum absolute atomic E-state index is 0.0884. The average Bonchev–Trinajstić information content (AvgIpc) is 2.55. The Kier molecular flexibility index (Phi) is 3.71. The lowest BCUT2D eigenvalue weighted by atomic mass is 10.1. The third-order valence-corrected chi connectivity index (χ3v) is 3.76. The monoisotopic (exact) mass is 288 g/mol. The topological polar surface area (TPSA) is 61.6 Å². The van der Waals surface area contributed by atoms with Crippen molar-refractivity contribution < 1.29 is 0 Å². The molecule has 2 aromatic carbocycles. The first-order chi connectivity index (χ1) is 10.7. The number of fused-ring (bicyclic) bond motifs is 1. The number of nitrogens with zero attached hydrogens (tertiary/aromatic N) is 3. The van der Waals surface area contributed by atoms with E-state index in [1.807, 2.05) is 36.4 Å². The van der Waals surface area contributed by atoms with E-state index in [9.17, 15) is 0 Å². The molecule has 0 radical (unpaired) electrons. The molecule has 1 N–H and O–H groups in total. The van der Waals surface area contributed by atoms with Crippen molar-refractivity contribution in [2.24, 2.45) is 0 Å². The summed E-state index contributed by atoms with van der Waals surface area (Å²) in [6, 6.07) is 15.9. The lowest BCUT2D eigenvalue weighted by molar-refractivity contribution is 0.875. The highest BCUT2D eigenvalue weighted by Gasteiger charge is 2.10. The van der Waals surface area contributed by atoms with Crippen LogP contribution in [0.4, 0.5) is 5.82 Å². The molecule has 22 heavy (non-hydrogen) atoms. The Morgan fingerprint density at radius 1 is 1.09 bits per heavy atom. The van der Waals surface area contributed by atoms with Gasteiger partial charge in [0.15, 0.2) is 0 Å². The van der Waals surface area contributed by atoms with Gasteiger partial charge in [0.25, 0.3) is 0 Å². The van der Waals surface area contributed by atoms with Gasteiger partial charge in [0, 0.05) is 11.4 Å². The van der Waals surface area contributed by atoms with Crippen LogP contribution in [0.1, 0.15) is 29.7 Å². The van der Waals surface area contributed by atoms with Crippen LogP contribution in [-0.4, -0.2) is 9.97 Å². The Bertz CT molecular complexity index is 842. The minimum atomic E-state index is 0.0884. The lowest BCUT2D eigenvalue weighted by Gasteiger charge is -2.17. The quantitative estimate of drug-likeness (QED) is 0.791. The van der Waals surface area contributed by atoms with Gasteiger partial charge in [-0.2, -0.15) is 5.26 Å². The highest BCUT2D eigenvalue weighted by atomic mass is 15.0. The fraction of sp³-hybridized carbons (Fsp3) is 0.167. The number of rotatable bonds is 3. The Morgan fingerprint density at radius 3 is 2.59 bits per heavy atom. The van der Waals surface area contributed by atoms with Crippen LogP contribution in [0.3, 0.4) is 0 Å². The summed E-state index contributed by atoms with van der Waals surface area (Å²) in [6.45, 7) is 4.14. The van der Waals surface area contributed by atoms with E-state index in [0.29, 0.717) is 5.56 Å². The SMILES string of the molecule is Cc1cccc2ncnc(NC(C)c3ccc(C#N)cc3)c12. The maximum absolute atomic E-state index is 8.87. The molecule has 4 heteroatoms. The molecule has 0 aliphatic rings. The van der Waals surface area contributed by atoms with Crippen LogP contribution < -0.4 is 5.32 Å². The molecular formula is C18H16N4. The van der Waals surface area contributed by atoms with E-state index in [0.717, 1.165) is 27.8 Å². The second-order valence-electron chi connectivity index (χ2n) is 5.29. The maximum Gasteiger partial charge on any atom is 0.138 e. The molecule has 108 valence electrons. The van der Waals surface area contributed by atoms with Crippen LogP contribution in [0.2, 0.25) is 0 Å². The Balaban J connectivity index is 1.94. The smallest absolute Gasteiger partial charge is 0.138 e. The molecule has 1 unspecified atom stereocenters. The second kappa shape index (κ2) is 5.82. The van der Waals surface area contributed by atoms with Crippen molar-refractivity contribution in [2.45, 2.75) is 19.9 Å². The van der Waals surface area contributed by atoms with E-state index in [1.165, 1.54) is 0 Å². The predicted octanol–water partition coefficient (Wildman–Crippen LogP) is 3.98. The molecule has 0 bridgehead atoms. The zero-order chi connectivity index (χ0) is 15.5. The molecule has 1 heterocycles. The van der Waals surface area contributed by atoms with E-state index < -0.39 is 0 Å².